The summed E-state index contributed by atoms with van der Waals surface area (Å²) in [6, 6.07) is 7.05. The molecule has 108 valence electrons. The summed E-state index contributed by atoms with van der Waals surface area (Å²) in [5, 5.41) is 10.1. The van der Waals surface area contributed by atoms with Crippen LogP contribution in [-0.2, 0) is 0 Å². The Kier molecular flexibility index (Phi) is 5.63. The second-order valence-electron chi connectivity index (χ2n) is 5.84. The largest absolute Gasteiger partial charge is 0.473 e. The fourth-order valence-electron chi connectivity index (χ4n) is 2.28. The van der Waals surface area contributed by atoms with Gasteiger partial charge in [-0.15, -0.1) is 0 Å². The first kappa shape index (κ1) is 15.8. The first-order chi connectivity index (χ1) is 8.84. The molecule has 4 heteroatoms. The zero-order valence-corrected chi connectivity index (χ0v) is 12.1. The second-order valence-corrected chi connectivity index (χ2v) is 5.84. The van der Waals surface area contributed by atoms with Crippen LogP contribution in [0.2, 0.25) is 0 Å². The minimum absolute atomic E-state index is 0.0604. The van der Waals surface area contributed by atoms with E-state index in [9.17, 15) is 5.11 Å². The maximum atomic E-state index is 10.1. The number of ether oxygens (including phenoxy) is 1. The van der Waals surface area contributed by atoms with Crippen molar-refractivity contribution in [2.75, 3.05) is 5.73 Å². The number of anilines is 1. The van der Waals surface area contributed by atoms with Crippen LogP contribution in [0.4, 0.5) is 5.69 Å². The van der Waals surface area contributed by atoms with E-state index in [1.54, 1.807) is 24.3 Å². The third kappa shape index (κ3) is 5.49. The van der Waals surface area contributed by atoms with Gasteiger partial charge in [-0.25, -0.2) is 0 Å². The normalized spacial score (nSPS) is 15.0. The van der Waals surface area contributed by atoms with E-state index in [0.717, 1.165) is 12.8 Å². The Balaban J connectivity index is 2.55. The lowest BCUT2D eigenvalue weighted by atomic mass is 9.82. The molecular formula is C15H26N2O2. The number of aliphatic hydroxyl groups is 1. The Labute approximate surface area is 115 Å². The Hall–Kier alpha value is -1.26. The third-order valence-electron chi connectivity index (χ3n) is 3.20. The molecule has 19 heavy (non-hydrogen) atoms. The number of benzene rings is 1. The predicted octanol–water partition coefficient (Wildman–Crippen LogP) is 2.51. The first-order valence-corrected chi connectivity index (χ1v) is 6.80. The van der Waals surface area contributed by atoms with Crippen LogP contribution in [0.1, 0.15) is 40.0 Å². The highest BCUT2D eigenvalue weighted by molar-refractivity contribution is 5.43. The maximum Gasteiger partial charge on any atom is 0.173 e. The molecule has 0 spiro atoms. The zero-order valence-electron chi connectivity index (χ0n) is 12.1. The number of rotatable bonds is 7. The lowest BCUT2D eigenvalue weighted by Gasteiger charge is -2.29. The Morgan fingerprint density at radius 3 is 2.63 bits per heavy atom. The Bertz CT molecular complexity index is 393. The van der Waals surface area contributed by atoms with E-state index in [1.807, 2.05) is 0 Å². The molecule has 0 fully saturated rings. The molecule has 0 aliphatic heterocycles. The quantitative estimate of drug-likeness (QED) is 0.523. The van der Waals surface area contributed by atoms with Crippen molar-refractivity contribution in [3.63, 3.8) is 0 Å². The third-order valence-corrected chi connectivity index (χ3v) is 3.20. The summed E-state index contributed by atoms with van der Waals surface area (Å²) < 4.78 is 5.53. The predicted molar refractivity (Wildman–Crippen MR) is 78.8 cm³/mol. The monoisotopic (exact) mass is 266 g/mol. The average Bonchev–Trinajstić information content (AvgIpc) is 2.27. The van der Waals surface area contributed by atoms with Gasteiger partial charge in [0, 0.05) is 11.8 Å². The average molecular weight is 266 g/mol. The lowest BCUT2D eigenvalue weighted by molar-refractivity contribution is 0.00931. The molecule has 0 aromatic heterocycles. The summed E-state index contributed by atoms with van der Waals surface area (Å²) in [5.41, 5.74) is 12.2. The minimum atomic E-state index is -0.738. The zero-order chi connectivity index (χ0) is 14.5. The molecule has 1 aromatic carbocycles. The van der Waals surface area contributed by atoms with Gasteiger partial charge >= 0.3 is 0 Å². The molecule has 0 bridgehead atoms. The van der Waals surface area contributed by atoms with Crippen molar-refractivity contribution in [2.24, 2.45) is 11.1 Å². The standard InChI is InChI=1S/C15H26N2O2/c1-4-8-15(2,3)10-13(18)14(17)19-12-7-5-6-11(16)9-12/h5-7,9,13-14,18H,4,8,10,16-17H2,1-3H3. The van der Waals surface area contributed by atoms with Crippen molar-refractivity contribution in [1.29, 1.82) is 0 Å². The number of nitrogens with two attached hydrogens (primary N) is 2. The van der Waals surface area contributed by atoms with Crippen LogP contribution in [0.3, 0.4) is 0 Å². The summed E-state index contributed by atoms with van der Waals surface area (Å²) in [6.45, 7) is 6.40. The molecule has 1 rings (SSSR count). The van der Waals surface area contributed by atoms with E-state index < -0.39 is 12.3 Å². The fraction of sp³-hybridized carbons (Fsp3) is 0.600. The Morgan fingerprint density at radius 1 is 1.37 bits per heavy atom. The van der Waals surface area contributed by atoms with E-state index in [1.165, 1.54) is 0 Å². The van der Waals surface area contributed by atoms with E-state index in [2.05, 4.69) is 20.8 Å². The molecule has 0 aliphatic rings. The maximum absolute atomic E-state index is 10.1. The summed E-state index contributed by atoms with van der Waals surface area (Å²) in [7, 11) is 0. The number of nitrogen functional groups attached to an aromatic ring is 1. The molecule has 4 nitrogen and oxygen atoms in total. The molecule has 0 amide bonds. The van der Waals surface area contributed by atoms with Crippen LogP contribution < -0.4 is 16.2 Å². The minimum Gasteiger partial charge on any atom is -0.473 e. The smallest absolute Gasteiger partial charge is 0.173 e. The van der Waals surface area contributed by atoms with Gasteiger partial charge in [0.2, 0.25) is 0 Å². The van der Waals surface area contributed by atoms with Gasteiger partial charge in [-0.1, -0.05) is 33.3 Å². The summed E-state index contributed by atoms with van der Waals surface area (Å²) in [6.07, 6.45) is 1.32. The Morgan fingerprint density at radius 2 is 2.05 bits per heavy atom. The van der Waals surface area contributed by atoms with Crippen molar-refractivity contribution in [3.8, 4) is 5.75 Å². The fourth-order valence-corrected chi connectivity index (χ4v) is 2.28. The molecule has 2 unspecified atom stereocenters. The van der Waals surface area contributed by atoms with Gasteiger partial charge in [0.05, 0.1) is 0 Å². The van der Waals surface area contributed by atoms with Crippen molar-refractivity contribution >= 4 is 5.69 Å². The summed E-state index contributed by atoms with van der Waals surface area (Å²) in [5.74, 6) is 0.583. The van der Waals surface area contributed by atoms with E-state index in [4.69, 9.17) is 16.2 Å². The molecule has 0 aliphatic carbocycles. The molecule has 2 atom stereocenters. The van der Waals surface area contributed by atoms with Gasteiger partial charge in [0.1, 0.15) is 11.9 Å². The van der Waals surface area contributed by atoms with Crippen molar-refractivity contribution in [2.45, 2.75) is 52.4 Å². The van der Waals surface area contributed by atoms with Crippen LogP contribution in [0.15, 0.2) is 24.3 Å². The highest BCUT2D eigenvalue weighted by Crippen LogP contribution is 2.29. The number of hydrogen-bond acceptors (Lipinski definition) is 4. The van der Waals surface area contributed by atoms with E-state index in [-0.39, 0.29) is 5.41 Å². The van der Waals surface area contributed by atoms with Gasteiger partial charge < -0.3 is 15.6 Å². The van der Waals surface area contributed by atoms with Gasteiger partial charge in [0.25, 0.3) is 0 Å². The van der Waals surface area contributed by atoms with Crippen molar-refractivity contribution in [1.82, 2.24) is 0 Å². The van der Waals surface area contributed by atoms with Crippen molar-refractivity contribution in [3.05, 3.63) is 24.3 Å². The van der Waals surface area contributed by atoms with Gasteiger partial charge in [-0.2, -0.15) is 0 Å². The number of aliphatic hydroxyl groups excluding tert-OH is 1. The van der Waals surface area contributed by atoms with Crippen LogP contribution in [0.5, 0.6) is 5.75 Å². The van der Waals surface area contributed by atoms with Gasteiger partial charge in [-0.05, 0) is 30.4 Å². The first-order valence-electron chi connectivity index (χ1n) is 6.80. The molecule has 0 saturated heterocycles. The van der Waals surface area contributed by atoms with Crippen LogP contribution in [-0.4, -0.2) is 17.4 Å². The lowest BCUT2D eigenvalue weighted by Crippen LogP contribution is -2.42. The molecule has 5 N–H and O–H groups in total. The molecule has 0 saturated carbocycles. The van der Waals surface area contributed by atoms with E-state index in [0.29, 0.717) is 17.9 Å². The highest BCUT2D eigenvalue weighted by Gasteiger charge is 2.26. The second kappa shape index (κ2) is 6.78. The molecular weight excluding hydrogens is 240 g/mol. The van der Waals surface area contributed by atoms with Gasteiger partial charge in [-0.3, -0.25) is 5.73 Å². The highest BCUT2D eigenvalue weighted by atomic mass is 16.5. The van der Waals surface area contributed by atoms with Crippen LogP contribution >= 0.6 is 0 Å². The van der Waals surface area contributed by atoms with Gasteiger partial charge in [0.15, 0.2) is 6.23 Å². The van der Waals surface area contributed by atoms with Crippen LogP contribution in [0.25, 0.3) is 0 Å². The topological polar surface area (TPSA) is 81.5 Å². The van der Waals surface area contributed by atoms with Crippen molar-refractivity contribution < 1.29 is 9.84 Å². The molecule has 0 radical (unpaired) electrons. The summed E-state index contributed by atoms with van der Waals surface area (Å²) in [4.78, 5) is 0. The molecule has 1 aromatic rings. The van der Waals surface area contributed by atoms with Crippen LogP contribution in [0, 0.1) is 5.41 Å². The number of hydrogen-bond donors (Lipinski definition) is 3. The summed E-state index contributed by atoms with van der Waals surface area (Å²) >= 11 is 0. The van der Waals surface area contributed by atoms with E-state index >= 15 is 0 Å². The molecule has 0 heterocycles. The SMILES string of the molecule is CCCC(C)(C)CC(O)C(N)Oc1cccc(N)c1.